The highest BCUT2D eigenvalue weighted by atomic mass is 31.2. The molecule has 0 aromatic rings. The van der Waals surface area contributed by atoms with E-state index in [2.05, 4.69) is 56.4 Å². The molecule has 1 unspecified atom stereocenters. The van der Waals surface area contributed by atoms with Gasteiger partial charge in [-0.05, 0) is 64.2 Å². The molecule has 296 valence electrons. The number of allylic oxidation sites excluding steroid dienone is 8. The molecule has 0 aliphatic carbocycles. The van der Waals surface area contributed by atoms with Gasteiger partial charge in [0.05, 0.1) is 13.2 Å². The van der Waals surface area contributed by atoms with Gasteiger partial charge >= 0.3 is 19.8 Å². The molecule has 0 radical (unpaired) electrons. The van der Waals surface area contributed by atoms with Gasteiger partial charge in [-0.3, -0.25) is 18.6 Å². The fourth-order valence-corrected chi connectivity index (χ4v) is 5.95. The minimum Gasteiger partial charge on any atom is -0.462 e. The first kappa shape index (κ1) is 49.0. The van der Waals surface area contributed by atoms with Crippen molar-refractivity contribution in [1.82, 2.24) is 0 Å². The SMILES string of the molecule is CCCCC/C=C/C/C=C/C/C=C/CCCCC(=O)OC[C@H](COP(=O)(O)OCCN)OC(=O)CC/C=C/CCCCCCCCCCCCC. The van der Waals surface area contributed by atoms with Crippen molar-refractivity contribution in [2.45, 2.75) is 174 Å². The zero-order valence-electron chi connectivity index (χ0n) is 32.3. The van der Waals surface area contributed by atoms with E-state index in [0.29, 0.717) is 12.8 Å². The topological polar surface area (TPSA) is 134 Å². The number of phosphoric ester groups is 1. The molecule has 0 rings (SSSR count). The van der Waals surface area contributed by atoms with Crippen LogP contribution in [0.5, 0.6) is 0 Å². The molecule has 0 saturated heterocycles. The van der Waals surface area contributed by atoms with Crippen molar-refractivity contribution in [1.29, 1.82) is 0 Å². The number of hydrogen-bond acceptors (Lipinski definition) is 8. The van der Waals surface area contributed by atoms with Gasteiger partial charge < -0.3 is 20.1 Å². The van der Waals surface area contributed by atoms with Gasteiger partial charge in [0.15, 0.2) is 6.10 Å². The summed E-state index contributed by atoms with van der Waals surface area (Å²) in [6.07, 6.45) is 41.6. The Balaban J connectivity index is 4.31. The number of ether oxygens (including phenoxy) is 2. The molecule has 0 bridgehead atoms. The highest BCUT2D eigenvalue weighted by molar-refractivity contribution is 7.47. The van der Waals surface area contributed by atoms with Gasteiger partial charge in [-0.25, -0.2) is 4.57 Å². The van der Waals surface area contributed by atoms with Gasteiger partial charge in [0.2, 0.25) is 0 Å². The zero-order valence-corrected chi connectivity index (χ0v) is 33.2. The van der Waals surface area contributed by atoms with Gasteiger partial charge in [0.1, 0.15) is 6.61 Å². The molecule has 0 fully saturated rings. The minimum absolute atomic E-state index is 0.0423. The molecule has 0 heterocycles. The van der Waals surface area contributed by atoms with E-state index in [1.54, 1.807) is 0 Å². The van der Waals surface area contributed by atoms with Crippen LogP contribution in [0.15, 0.2) is 48.6 Å². The third-order valence-electron chi connectivity index (χ3n) is 8.20. The van der Waals surface area contributed by atoms with Crippen LogP contribution in [0.2, 0.25) is 0 Å². The minimum atomic E-state index is -4.39. The van der Waals surface area contributed by atoms with E-state index in [-0.39, 0.29) is 32.6 Å². The number of nitrogens with two attached hydrogens (primary N) is 1. The van der Waals surface area contributed by atoms with Crippen LogP contribution in [0.25, 0.3) is 0 Å². The Kier molecular flexibility index (Phi) is 36.2. The normalized spacial score (nSPS) is 13.9. The van der Waals surface area contributed by atoms with Gasteiger partial charge in [0, 0.05) is 19.4 Å². The van der Waals surface area contributed by atoms with Gasteiger partial charge in [0.25, 0.3) is 0 Å². The maximum Gasteiger partial charge on any atom is 0.472 e. The standard InChI is InChI=1S/C41H74NO8P/c1-3-5-7-9-11-13-15-17-19-21-23-25-27-29-31-33-40(43)47-37-39(38-49-51(45,46)48-36-35-42)50-41(44)34-32-30-28-26-24-22-20-18-16-14-12-10-8-6-4-2/h11,13,17,19,23,25,28,30,39H,3-10,12,14-16,18,20-22,24,26-27,29,31-38,42H2,1-2H3,(H,45,46)/b13-11+,19-17+,25-23+,30-28+/t39-/m1/s1. The van der Waals surface area contributed by atoms with Gasteiger partial charge in [-0.15, -0.1) is 0 Å². The second-order valence-electron chi connectivity index (χ2n) is 13.1. The molecule has 2 atom stereocenters. The second-order valence-corrected chi connectivity index (χ2v) is 14.6. The molecule has 0 aromatic carbocycles. The molecule has 9 nitrogen and oxygen atoms in total. The highest BCUT2D eigenvalue weighted by Gasteiger charge is 2.25. The largest absolute Gasteiger partial charge is 0.472 e. The summed E-state index contributed by atoms with van der Waals surface area (Å²) >= 11 is 0. The smallest absolute Gasteiger partial charge is 0.462 e. The summed E-state index contributed by atoms with van der Waals surface area (Å²) in [7, 11) is -4.39. The monoisotopic (exact) mass is 740 g/mol. The number of carbonyl (C=O) groups excluding carboxylic acids is 2. The molecular weight excluding hydrogens is 665 g/mol. The Hall–Kier alpha value is -2.03. The van der Waals surface area contributed by atoms with E-state index in [9.17, 15) is 19.0 Å². The Morgan fingerprint density at radius 2 is 1.06 bits per heavy atom. The zero-order chi connectivity index (χ0) is 37.5. The maximum absolute atomic E-state index is 12.5. The summed E-state index contributed by atoms with van der Waals surface area (Å²) in [5, 5.41) is 0. The summed E-state index contributed by atoms with van der Waals surface area (Å²) in [6.45, 7) is 3.60. The number of unbranched alkanes of at least 4 members (excludes halogenated alkanes) is 16. The maximum atomic E-state index is 12.5. The Bertz CT molecular complexity index is 981. The summed E-state index contributed by atoms with van der Waals surface area (Å²) < 4.78 is 32.6. The lowest BCUT2D eigenvalue weighted by atomic mass is 10.1. The lowest BCUT2D eigenvalue weighted by Gasteiger charge is -2.19. The van der Waals surface area contributed by atoms with Crippen LogP contribution in [-0.2, 0) is 32.7 Å². The van der Waals surface area contributed by atoms with Crippen molar-refractivity contribution in [2.24, 2.45) is 5.73 Å². The number of esters is 2. The van der Waals surface area contributed by atoms with Crippen LogP contribution < -0.4 is 5.73 Å². The third kappa shape index (κ3) is 37.5. The van der Waals surface area contributed by atoms with E-state index >= 15 is 0 Å². The third-order valence-corrected chi connectivity index (χ3v) is 9.18. The predicted octanol–water partition coefficient (Wildman–Crippen LogP) is 11.2. The molecule has 0 amide bonds. The number of phosphoric acid groups is 1. The second kappa shape index (κ2) is 37.7. The molecule has 0 saturated carbocycles. The first-order chi connectivity index (χ1) is 24.8. The number of hydrogen-bond donors (Lipinski definition) is 2. The highest BCUT2D eigenvalue weighted by Crippen LogP contribution is 2.43. The molecule has 0 aromatic heterocycles. The van der Waals surface area contributed by atoms with Crippen LogP contribution in [0.3, 0.4) is 0 Å². The van der Waals surface area contributed by atoms with Crippen molar-refractivity contribution in [3.8, 4) is 0 Å². The molecule has 3 N–H and O–H groups in total. The van der Waals surface area contributed by atoms with Crippen molar-refractivity contribution in [2.75, 3.05) is 26.4 Å². The summed E-state index contributed by atoms with van der Waals surface area (Å²) in [4.78, 5) is 34.7. The van der Waals surface area contributed by atoms with E-state index in [0.717, 1.165) is 44.9 Å². The van der Waals surface area contributed by atoms with Crippen LogP contribution in [-0.4, -0.2) is 49.3 Å². The first-order valence-corrected chi connectivity index (χ1v) is 21.6. The summed E-state index contributed by atoms with van der Waals surface area (Å²) in [5.41, 5.74) is 5.33. The van der Waals surface area contributed by atoms with Crippen LogP contribution in [0, 0.1) is 0 Å². The van der Waals surface area contributed by atoms with E-state index in [1.807, 2.05) is 6.08 Å². The van der Waals surface area contributed by atoms with Crippen molar-refractivity contribution >= 4 is 19.8 Å². The number of rotatable bonds is 37. The lowest BCUT2D eigenvalue weighted by molar-refractivity contribution is -0.161. The summed E-state index contributed by atoms with van der Waals surface area (Å²) in [6, 6.07) is 0. The Labute approximate surface area is 311 Å². The van der Waals surface area contributed by atoms with E-state index in [4.69, 9.17) is 24.3 Å². The van der Waals surface area contributed by atoms with Crippen LogP contribution in [0.4, 0.5) is 0 Å². The first-order valence-electron chi connectivity index (χ1n) is 20.1. The van der Waals surface area contributed by atoms with Gasteiger partial charge in [-0.2, -0.15) is 0 Å². The lowest BCUT2D eigenvalue weighted by Crippen LogP contribution is -2.29. The molecule has 0 aliphatic heterocycles. The van der Waals surface area contributed by atoms with Crippen LogP contribution in [0.1, 0.15) is 168 Å². The fourth-order valence-electron chi connectivity index (χ4n) is 5.19. The molecule has 0 aliphatic rings. The van der Waals surface area contributed by atoms with E-state index in [1.165, 1.54) is 83.5 Å². The van der Waals surface area contributed by atoms with E-state index < -0.39 is 32.5 Å². The Morgan fingerprint density at radius 1 is 0.588 bits per heavy atom. The van der Waals surface area contributed by atoms with Crippen molar-refractivity contribution in [3.05, 3.63) is 48.6 Å². The summed E-state index contributed by atoms with van der Waals surface area (Å²) in [5.74, 6) is -0.933. The van der Waals surface area contributed by atoms with Gasteiger partial charge in [-0.1, -0.05) is 140 Å². The van der Waals surface area contributed by atoms with Crippen molar-refractivity contribution in [3.63, 3.8) is 0 Å². The average Bonchev–Trinajstić information content (AvgIpc) is 3.11. The Morgan fingerprint density at radius 3 is 1.65 bits per heavy atom. The predicted molar refractivity (Wildman–Crippen MR) is 210 cm³/mol. The molecule has 10 heteroatoms. The molecule has 51 heavy (non-hydrogen) atoms. The van der Waals surface area contributed by atoms with Crippen molar-refractivity contribution < 1.29 is 37.6 Å². The average molecular weight is 740 g/mol. The van der Waals surface area contributed by atoms with Crippen LogP contribution >= 0.6 is 7.82 Å². The number of carbonyl (C=O) groups is 2. The molecular formula is C41H74NO8P. The fraction of sp³-hybridized carbons (Fsp3) is 0.756. The quantitative estimate of drug-likeness (QED) is 0.0276. The molecule has 0 spiro atoms.